The molecule has 0 spiro atoms. The summed E-state index contributed by atoms with van der Waals surface area (Å²) in [6.45, 7) is 7.81. The summed E-state index contributed by atoms with van der Waals surface area (Å²) >= 11 is 0. The van der Waals surface area contributed by atoms with Crippen molar-refractivity contribution < 1.29 is 19.1 Å². The second-order valence-electron chi connectivity index (χ2n) is 10.6. The van der Waals surface area contributed by atoms with Crippen molar-refractivity contribution in [2.45, 2.75) is 25.7 Å². The van der Waals surface area contributed by atoms with Gasteiger partial charge in [0, 0.05) is 69.7 Å². The number of nitrogens with zero attached hydrogens (tertiary/aromatic N) is 3. The number of morpholine rings is 1. The zero-order chi connectivity index (χ0) is 27.0. The summed E-state index contributed by atoms with van der Waals surface area (Å²) in [5, 5.41) is 6.20. The molecule has 2 amide bonds. The fourth-order valence-electron chi connectivity index (χ4n) is 5.83. The predicted molar refractivity (Wildman–Crippen MR) is 154 cm³/mol. The van der Waals surface area contributed by atoms with Gasteiger partial charge in [-0.15, -0.1) is 0 Å². The van der Waals surface area contributed by atoms with Crippen molar-refractivity contribution in [3.63, 3.8) is 0 Å². The SMILES string of the molecule is COc1ccccc1N1CCN(c2ccc(NC(=O)C3CCCC3)cc2C(=O)NCCN2CCOCC2)CC1. The van der Waals surface area contributed by atoms with Crippen molar-refractivity contribution in [1.29, 1.82) is 0 Å². The van der Waals surface area contributed by atoms with Crippen LogP contribution in [0.1, 0.15) is 36.0 Å². The largest absolute Gasteiger partial charge is 0.495 e. The molecule has 9 nitrogen and oxygen atoms in total. The van der Waals surface area contributed by atoms with E-state index in [0.29, 0.717) is 17.8 Å². The Morgan fingerprint density at radius 1 is 0.923 bits per heavy atom. The van der Waals surface area contributed by atoms with Crippen LogP contribution in [-0.4, -0.2) is 89.4 Å². The molecule has 1 aliphatic carbocycles. The molecule has 3 fully saturated rings. The standard InChI is InChI=1S/C30H41N5O4/c1-38-28-9-5-4-8-27(28)35-16-14-34(15-17-35)26-11-10-24(32-29(36)23-6-2-3-7-23)22-25(26)30(37)31-12-13-33-18-20-39-21-19-33/h4-5,8-11,22-23H,2-3,6-7,12-21H2,1H3,(H,31,37)(H,32,36). The van der Waals surface area contributed by atoms with Gasteiger partial charge in [0.05, 0.1) is 31.6 Å². The first-order valence-electron chi connectivity index (χ1n) is 14.3. The summed E-state index contributed by atoms with van der Waals surface area (Å²) in [7, 11) is 1.70. The van der Waals surface area contributed by atoms with Gasteiger partial charge in [0.2, 0.25) is 5.91 Å². The maximum absolute atomic E-state index is 13.5. The number of carbonyl (C=O) groups is 2. The van der Waals surface area contributed by atoms with Crippen LogP contribution in [0.25, 0.3) is 0 Å². The van der Waals surface area contributed by atoms with E-state index in [9.17, 15) is 9.59 Å². The van der Waals surface area contributed by atoms with Crippen LogP contribution >= 0.6 is 0 Å². The third-order valence-electron chi connectivity index (χ3n) is 8.10. The van der Waals surface area contributed by atoms with Gasteiger partial charge in [0.25, 0.3) is 5.91 Å². The molecular formula is C30H41N5O4. The Morgan fingerprint density at radius 3 is 2.33 bits per heavy atom. The van der Waals surface area contributed by atoms with Crippen LogP contribution in [0.15, 0.2) is 42.5 Å². The van der Waals surface area contributed by atoms with Crippen molar-refractivity contribution in [2.75, 3.05) is 87.8 Å². The summed E-state index contributed by atoms with van der Waals surface area (Å²) in [4.78, 5) is 33.2. The normalized spacial score (nSPS) is 18.7. The highest BCUT2D eigenvalue weighted by Gasteiger charge is 2.26. The predicted octanol–water partition coefficient (Wildman–Crippen LogP) is 3.21. The van der Waals surface area contributed by atoms with Crippen LogP contribution in [0, 0.1) is 5.92 Å². The number of anilines is 3. The number of benzene rings is 2. The van der Waals surface area contributed by atoms with Gasteiger partial charge in [-0.3, -0.25) is 14.5 Å². The molecule has 2 saturated heterocycles. The molecule has 5 rings (SSSR count). The lowest BCUT2D eigenvalue weighted by molar-refractivity contribution is -0.119. The second-order valence-corrected chi connectivity index (χ2v) is 10.6. The summed E-state index contributed by atoms with van der Waals surface area (Å²) in [5.74, 6) is 0.888. The van der Waals surface area contributed by atoms with Crippen molar-refractivity contribution in [3.05, 3.63) is 48.0 Å². The Bertz CT molecular complexity index is 1120. The van der Waals surface area contributed by atoms with Crippen LogP contribution in [0.4, 0.5) is 17.1 Å². The smallest absolute Gasteiger partial charge is 0.253 e. The molecule has 0 unspecified atom stereocenters. The average molecular weight is 536 g/mol. The van der Waals surface area contributed by atoms with E-state index >= 15 is 0 Å². The summed E-state index contributed by atoms with van der Waals surface area (Å²) in [6.07, 6.45) is 4.09. The van der Waals surface area contributed by atoms with E-state index in [1.807, 2.05) is 36.4 Å². The molecule has 2 N–H and O–H groups in total. The number of para-hydroxylation sites is 2. The molecule has 39 heavy (non-hydrogen) atoms. The highest BCUT2D eigenvalue weighted by molar-refractivity contribution is 6.02. The fourth-order valence-corrected chi connectivity index (χ4v) is 5.83. The molecular weight excluding hydrogens is 494 g/mol. The molecule has 9 heteroatoms. The topological polar surface area (TPSA) is 86.4 Å². The highest BCUT2D eigenvalue weighted by atomic mass is 16.5. The first-order valence-corrected chi connectivity index (χ1v) is 14.3. The number of methoxy groups -OCH3 is 1. The molecule has 0 radical (unpaired) electrons. The first-order chi connectivity index (χ1) is 19.1. The van der Waals surface area contributed by atoms with Gasteiger partial charge < -0.3 is 29.9 Å². The molecule has 2 aromatic rings. The molecule has 0 bridgehead atoms. The lowest BCUT2D eigenvalue weighted by Gasteiger charge is -2.38. The third-order valence-corrected chi connectivity index (χ3v) is 8.10. The summed E-state index contributed by atoms with van der Waals surface area (Å²) in [6, 6.07) is 13.8. The van der Waals surface area contributed by atoms with Gasteiger partial charge in [-0.05, 0) is 43.2 Å². The van der Waals surface area contributed by atoms with Crippen molar-refractivity contribution >= 4 is 28.9 Å². The lowest BCUT2D eigenvalue weighted by atomic mass is 10.1. The number of ether oxygens (including phenoxy) is 2. The number of piperazine rings is 1. The maximum Gasteiger partial charge on any atom is 0.253 e. The highest BCUT2D eigenvalue weighted by Crippen LogP contribution is 2.32. The Morgan fingerprint density at radius 2 is 1.62 bits per heavy atom. The molecule has 0 atom stereocenters. The third kappa shape index (κ3) is 6.83. The van der Waals surface area contributed by atoms with Crippen LogP contribution in [0.5, 0.6) is 5.75 Å². The quantitative estimate of drug-likeness (QED) is 0.510. The van der Waals surface area contributed by atoms with Gasteiger partial charge in [-0.1, -0.05) is 25.0 Å². The zero-order valence-corrected chi connectivity index (χ0v) is 23.0. The minimum atomic E-state index is -0.109. The number of hydrogen-bond donors (Lipinski definition) is 2. The van der Waals surface area contributed by atoms with Gasteiger partial charge in [0.1, 0.15) is 5.75 Å². The van der Waals surface area contributed by atoms with Crippen LogP contribution in [-0.2, 0) is 9.53 Å². The second kappa shape index (κ2) is 13.2. The van der Waals surface area contributed by atoms with E-state index in [-0.39, 0.29) is 17.7 Å². The van der Waals surface area contributed by atoms with E-state index in [2.05, 4.69) is 31.4 Å². The molecule has 3 aliphatic rings. The Hall–Kier alpha value is -3.30. The van der Waals surface area contributed by atoms with E-state index in [1.54, 1.807) is 7.11 Å². The van der Waals surface area contributed by atoms with Crippen molar-refractivity contribution in [2.24, 2.45) is 5.92 Å². The average Bonchev–Trinajstić information content (AvgIpc) is 3.53. The van der Waals surface area contributed by atoms with Gasteiger partial charge in [-0.25, -0.2) is 0 Å². The molecule has 0 aromatic heterocycles. The molecule has 210 valence electrons. The van der Waals surface area contributed by atoms with E-state index in [1.165, 1.54) is 0 Å². The number of nitrogens with one attached hydrogen (secondary N) is 2. The first kappa shape index (κ1) is 27.3. The molecule has 2 aromatic carbocycles. The maximum atomic E-state index is 13.5. The van der Waals surface area contributed by atoms with E-state index in [0.717, 1.165) is 102 Å². The van der Waals surface area contributed by atoms with E-state index < -0.39 is 0 Å². The summed E-state index contributed by atoms with van der Waals surface area (Å²) in [5.41, 5.74) is 3.27. The summed E-state index contributed by atoms with van der Waals surface area (Å²) < 4.78 is 11.0. The monoisotopic (exact) mass is 535 g/mol. The minimum Gasteiger partial charge on any atom is -0.495 e. The molecule has 2 aliphatic heterocycles. The van der Waals surface area contributed by atoms with Crippen LogP contribution in [0.3, 0.4) is 0 Å². The fraction of sp³-hybridized carbons (Fsp3) is 0.533. The van der Waals surface area contributed by atoms with Gasteiger partial charge in [-0.2, -0.15) is 0 Å². The molecule has 2 heterocycles. The number of hydrogen-bond acceptors (Lipinski definition) is 7. The van der Waals surface area contributed by atoms with Crippen molar-refractivity contribution in [3.8, 4) is 5.75 Å². The number of amides is 2. The lowest BCUT2D eigenvalue weighted by Crippen LogP contribution is -2.47. The van der Waals surface area contributed by atoms with Gasteiger partial charge in [0.15, 0.2) is 0 Å². The van der Waals surface area contributed by atoms with Crippen LogP contribution < -0.4 is 25.2 Å². The van der Waals surface area contributed by atoms with Crippen LogP contribution in [0.2, 0.25) is 0 Å². The van der Waals surface area contributed by atoms with Gasteiger partial charge >= 0.3 is 0 Å². The molecule has 1 saturated carbocycles. The Balaban J connectivity index is 1.29. The zero-order valence-electron chi connectivity index (χ0n) is 23.0. The number of carbonyl (C=O) groups excluding carboxylic acids is 2. The van der Waals surface area contributed by atoms with E-state index in [4.69, 9.17) is 9.47 Å². The minimum absolute atomic E-state index is 0.0596. The Kier molecular flexibility index (Phi) is 9.21. The number of rotatable bonds is 9. The van der Waals surface area contributed by atoms with Crippen molar-refractivity contribution in [1.82, 2.24) is 10.2 Å². The Labute approximate surface area is 231 Å².